The molecule has 2 atom stereocenters. The van der Waals surface area contributed by atoms with Crippen LogP contribution in [-0.2, 0) is 11.3 Å². The van der Waals surface area contributed by atoms with Gasteiger partial charge < -0.3 is 14.3 Å². The van der Waals surface area contributed by atoms with Gasteiger partial charge in [-0.1, -0.05) is 30.3 Å². The third-order valence-electron chi connectivity index (χ3n) is 4.44. The Hall–Kier alpha value is -1.69. The van der Waals surface area contributed by atoms with Crippen molar-refractivity contribution in [1.29, 1.82) is 0 Å². The van der Waals surface area contributed by atoms with Crippen molar-refractivity contribution in [2.24, 2.45) is 0 Å². The Morgan fingerprint density at radius 3 is 2.78 bits per heavy atom. The summed E-state index contributed by atoms with van der Waals surface area (Å²) in [6.07, 6.45) is 0.154. The molecule has 3 rings (SSSR count). The molecule has 0 bridgehead atoms. The van der Waals surface area contributed by atoms with Crippen molar-refractivity contribution in [3.05, 3.63) is 53.2 Å². The monoisotopic (exact) mass is 316 g/mol. The Labute approximate surface area is 136 Å². The highest BCUT2D eigenvalue weighted by Gasteiger charge is 2.27. The molecule has 1 saturated heterocycles. The number of hydrogen-bond acceptors (Lipinski definition) is 5. The van der Waals surface area contributed by atoms with E-state index in [0.717, 1.165) is 29.5 Å². The molecule has 124 valence electrons. The average molecular weight is 316 g/mol. The maximum Gasteiger partial charge on any atom is 0.208 e. The SMILES string of the molecule is Cc1nc(CN2CCOCC2CC(O)c2ccccc2)oc1C. The number of aliphatic hydroxyl groups is 1. The van der Waals surface area contributed by atoms with Gasteiger partial charge >= 0.3 is 0 Å². The standard InChI is InChI=1S/C18H24N2O3/c1-13-14(2)23-18(19-13)11-20-8-9-22-12-16(20)10-17(21)15-6-4-3-5-7-15/h3-7,16-17,21H,8-12H2,1-2H3. The van der Waals surface area contributed by atoms with Crippen molar-refractivity contribution in [2.45, 2.75) is 39.0 Å². The van der Waals surface area contributed by atoms with Crippen LogP contribution in [0.25, 0.3) is 0 Å². The molecule has 2 unspecified atom stereocenters. The summed E-state index contributed by atoms with van der Waals surface area (Å²) < 4.78 is 11.3. The third kappa shape index (κ3) is 3.99. The molecule has 2 aromatic rings. The maximum absolute atomic E-state index is 10.5. The van der Waals surface area contributed by atoms with Crippen molar-refractivity contribution in [1.82, 2.24) is 9.88 Å². The van der Waals surface area contributed by atoms with Crippen LogP contribution in [-0.4, -0.2) is 40.8 Å². The van der Waals surface area contributed by atoms with Crippen LogP contribution in [0.2, 0.25) is 0 Å². The van der Waals surface area contributed by atoms with Gasteiger partial charge in [-0.25, -0.2) is 4.98 Å². The van der Waals surface area contributed by atoms with E-state index in [0.29, 0.717) is 26.2 Å². The molecule has 0 saturated carbocycles. The fourth-order valence-corrected chi connectivity index (χ4v) is 2.96. The van der Waals surface area contributed by atoms with E-state index in [1.165, 1.54) is 0 Å². The molecule has 0 aliphatic carbocycles. The molecule has 0 radical (unpaired) electrons. The van der Waals surface area contributed by atoms with Gasteiger partial charge in [-0.15, -0.1) is 0 Å². The van der Waals surface area contributed by atoms with E-state index in [2.05, 4.69) is 9.88 Å². The van der Waals surface area contributed by atoms with E-state index in [-0.39, 0.29) is 6.04 Å². The van der Waals surface area contributed by atoms with E-state index in [4.69, 9.17) is 9.15 Å². The Morgan fingerprint density at radius 1 is 1.30 bits per heavy atom. The van der Waals surface area contributed by atoms with Crippen LogP contribution >= 0.6 is 0 Å². The van der Waals surface area contributed by atoms with Crippen molar-refractivity contribution in [3.63, 3.8) is 0 Å². The van der Waals surface area contributed by atoms with Crippen molar-refractivity contribution < 1.29 is 14.3 Å². The highest BCUT2D eigenvalue weighted by Crippen LogP contribution is 2.24. The maximum atomic E-state index is 10.5. The van der Waals surface area contributed by atoms with Crippen LogP contribution in [0.4, 0.5) is 0 Å². The zero-order chi connectivity index (χ0) is 16.2. The summed E-state index contributed by atoms with van der Waals surface area (Å²) in [7, 11) is 0. The van der Waals surface area contributed by atoms with Crippen LogP contribution in [0, 0.1) is 13.8 Å². The number of hydrogen-bond donors (Lipinski definition) is 1. The van der Waals surface area contributed by atoms with Crippen molar-refractivity contribution in [2.75, 3.05) is 19.8 Å². The first-order chi connectivity index (χ1) is 11.1. The first kappa shape index (κ1) is 16.2. The van der Waals surface area contributed by atoms with E-state index in [1.807, 2.05) is 44.2 Å². The second-order valence-electron chi connectivity index (χ2n) is 6.11. The quantitative estimate of drug-likeness (QED) is 0.919. The summed E-state index contributed by atoms with van der Waals surface area (Å²) in [5, 5.41) is 10.5. The number of nitrogens with zero attached hydrogens (tertiary/aromatic N) is 2. The predicted molar refractivity (Wildman–Crippen MR) is 87.0 cm³/mol. The van der Waals surface area contributed by atoms with Crippen LogP contribution in [0.15, 0.2) is 34.7 Å². The van der Waals surface area contributed by atoms with Gasteiger partial charge in [-0.05, 0) is 25.8 Å². The summed E-state index contributed by atoms with van der Waals surface area (Å²) in [5.41, 5.74) is 1.88. The van der Waals surface area contributed by atoms with Gasteiger partial charge in [0.15, 0.2) is 0 Å². The van der Waals surface area contributed by atoms with Gasteiger partial charge in [-0.3, -0.25) is 4.90 Å². The number of rotatable bonds is 5. The minimum absolute atomic E-state index is 0.159. The average Bonchev–Trinajstić information content (AvgIpc) is 2.88. The number of aromatic nitrogens is 1. The van der Waals surface area contributed by atoms with Gasteiger partial charge in [0.05, 0.1) is 31.6 Å². The van der Waals surface area contributed by atoms with Gasteiger partial charge in [0.1, 0.15) is 5.76 Å². The Kier molecular flexibility index (Phi) is 5.10. The van der Waals surface area contributed by atoms with E-state index in [1.54, 1.807) is 0 Å². The summed E-state index contributed by atoms with van der Waals surface area (Å²) in [6, 6.07) is 9.93. The Balaban J connectivity index is 1.66. The fourth-order valence-electron chi connectivity index (χ4n) is 2.96. The Morgan fingerprint density at radius 2 is 2.09 bits per heavy atom. The normalized spacial score (nSPS) is 20.6. The minimum atomic E-state index is -0.488. The number of aliphatic hydroxyl groups excluding tert-OH is 1. The minimum Gasteiger partial charge on any atom is -0.444 e. The molecule has 5 nitrogen and oxygen atoms in total. The van der Waals surface area contributed by atoms with Gasteiger partial charge in [0.25, 0.3) is 0 Å². The lowest BCUT2D eigenvalue weighted by molar-refractivity contribution is -0.0330. The fraction of sp³-hybridized carbons (Fsp3) is 0.500. The van der Waals surface area contributed by atoms with Gasteiger partial charge in [0, 0.05) is 12.6 Å². The first-order valence-corrected chi connectivity index (χ1v) is 8.11. The van der Waals surface area contributed by atoms with E-state index >= 15 is 0 Å². The Bertz CT molecular complexity index is 607. The van der Waals surface area contributed by atoms with Crippen LogP contribution < -0.4 is 0 Å². The summed E-state index contributed by atoms with van der Waals surface area (Å²) in [5.74, 6) is 1.61. The molecular formula is C18H24N2O3. The zero-order valence-electron chi connectivity index (χ0n) is 13.7. The second kappa shape index (κ2) is 7.25. The molecule has 0 spiro atoms. The molecule has 1 aromatic heterocycles. The molecular weight excluding hydrogens is 292 g/mol. The van der Waals surface area contributed by atoms with Crippen LogP contribution in [0.1, 0.15) is 35.4 Å². The smallest absolute Gasteiger partial charge is 0.208 e. The highest BCUT2D eigenvalue weighted by atomic mass is 16.5. The third-order valence-corrected chi connectivity index (χ3v) is 4.44. The first-order valence-electron chi connectivity index (χ1n) is 8.11. The summed E-state index contributed by atoms with van der Waals surface area (Å²) >= 11 is 0. The van der Waals surface area contributed by atoms with E-state index < -0.39 is 6.10 Å². The second-order valence-corrected chi connectivity index (χ2v) is 6.11. The van der Waals surface area contributed by atoms with Crippen LogP contribution in [0.5, 0.6) is 0 Å². The molecule has 1 N–H and O–H groups in total. The highest BCUT2D eigenvalue weighted by molar-refractivity contribution is 5.17. The topological polar surface area (TPSA) is 58.7 Å². The molecule has 1 aromatic carbocycles. The summed E-state index contributed by atoms with van der Waals surface area (Å²) in [6.45, 7) is 6.70. The molecule has 1 fully saturated rings. The molecule has 0 amide bonds. The van der Waals surface area contributed by atoms with Gasteiger partial charge in [-0.2, -0.15) is 0 Å². The lowest BCUT2D eigenvalue weighted by Crippen LogP contribution is -2.45. The number of oxazole rings is 1. The lowest BCUT2D eigenvalue weighted by atomic mass is 10.0. The van der Waals surface area contributed by atoms with E-state index in [9.17, 15) is 5.11 Å². The van der Waals surface area contributed by atoms with Crippen LogP contribution in [0.3, 0.4) is 0 Å². The lowest BCUT2D eigenvalue weighted by Gasteiger charge is -2.35. The number of aryl methyl sites for hydroxylation is 2. The van der Waals surface area contributed by atoms with Crippen molar-refractivity contribution in [3.8, 4) is 0 Å². The zero-order valence-corrected chi connectivity index (χ0v) is 13.7. The van der Waals surface area contributed by atoms with Gasteiger partial charge in [0.2, 0.25) is 5.89 Å². The number of ether oxygens (including phenoxy) is 1. The molecule has 23 heavy (non-hydrogen) atoms. The van der Waals surface area contributed by atoms with Crippen molar-refractivity contribution >= 4 is 0 Å². The molecule has 1 aliphatic heterocycles. The number of morpholine rings is 1. The molecule has 2 heterocycles. The largest absolute Gasteiger partial charge is 0.444 e. The number of benzene rings is 1. The summed E-state index contributed by atoms with van der Waals surface area (Å²) in [4.78, 5) is 6.76. The molecule has 1 aliphatic rings. The predicted octanol–water partition coefficient (Wildman–Crippen LogP) is 2.62. The molecule has 5 heteroatoms.